The van der Waals surface area contributed by atoms with Crippen LogP contribution in [-0.2, 0) is 4.79 Å². The molecule has 7 nitrogen and oxygen atoms in total. The van der Waals surface area contributed by atoms with Crippen molar-refractivity contribution in [1.29, 1.82) is 5.26 Å². The normalized spacial score (nSPS) is 20.5. The van der Waals surface area contributed by atoms with Crippen LogP contribution >= 0.6 is 11.3 Å². The van der Waals surface area contributed by atoms with Gasteiger partial charge in [-0.25, -0.2) is 4.98 Å². The van der Waals surface area contributed by atoms with Gasteiger partial charge in [0.25, 0.3) is 5.91 Å². The fourth-order valence-electron chi connectivity index (χ4n) is 5.70. The lowest BCUT2D eigenvalue weighted by molar-refractivity contribution is -0.125. The van der Waals surface area contributed by atoms with E-state index in [-0.39, 0.29) is 23.3 Å². The standard InChI is InChI=1S/C29H25N5O2S/c1-2-26(35)33-14-13-29(18-33)15-21(16-29)34-23-6-4-3-5-22(23)31-28(34)32-27(36)25-12-11-24(37-25)20-9-7-19(17-30)8-10-20/h2-12,21H,1,13-16,18H2,(H,31,32,36). The first-order valence-corrected chi connectivity index (χ1v) is 13.1. The van der Waals surface area contributed by atoms with Crippen molar-refractivity contribution >= 4 is 40.1 Å². The molecular weight excluding hydrogens is 482 g/mol. The zero-order valence-electron chi connectivity index (χ0n) is 20.2. The lowest BCUT2D eigenvalue weighted by atomic mass is 9.65. The van der Waals surface area contributed by atoms with Crippen molar-refractivity contribution < 1.29 is 9.59 Å². The minimum absolute atomic E-state index is 0.00215. The predicted molar refractivity (Wildman–Crippen MR) is 144 cm³/mol. The SMILES string of the molecule is C=CC(=O)N1CCC2(CC(n3c(NC(=O)c4ccc(-c5ccc(C#N)cc5)s4)nc4ccccc43)C2)C1. The molecule has 0 unspecified atom stereocenters. The number of nitrogens with one attached hydrogen (secondary N) is 1. The summed E-state index contributed by atoms with van der Waals surface area (Å²) in [4.78, 5) is 33.6. The molecule has 2 amide bonds. The van der Waals surface area contributed by atoms with Gasteiger partial charge < -0.3 is 9.47 Å². The number of aromatic nitrogens is 2. The first kappa shape index (κ1) is 23.2. The van der Waals surface area contributed by atoms with E-state index in [1.165, 1.54) is 17.4 Å². The first-order valence-electron chi connectivity index (χ1n) is 12.3. The van der Waals surface area contributed by atoms with E-state index < -0.39 is 0 Å². The maximum atomic E-state index is 13.3. The molecule has 0 atom stereocenters. The fraction of sp³-hybridized carbons (Fsp3) is 0.241. The van der Waals surface area contributed by atoms with Gasteiger partial charge in [0.05, 0.1) is 27.5 Å². The number of likely N-dealkylation sites (tertiary alicyclic amines) is 1. The number of carbonyl (C=O) groups is 2. The lowest BCUT2D eigenvalue weighted by Gasteiger charge is -2.46. The highest BCUT2D eigenvalue weighted by molar-refractivity contribution is 7.17. The molecule has 6 rings (SSSR count). The monoisotopic (exact) mass is 507 g/mol. The maximum Gasteiger partial charge on any atom is 0.268 e. The van der Waals surface area contributed by atoms with Gasteiger partial charge in [-0.3, -0.25) is 14.9 Å². The molecule has 2 fully saturated rings. The number of imidazole rings is 1. The van der Waals surface area contributed by atoms with Gasteiger partial charge in [-0.2, -0.15) is 5.26 Å². The summed E-state index contributed by atoms with van der Waals surface area (Å²) >= 11 is 1.41. The highest BCUT2D eigenvalue weighted by Crippen LogP contribution is 2.55. The van der Waals surface area contributed by atoms with E-state index in [4.69, 9.17) is 10.2 Å². The van der Waals surface area contributed by atoms with Crippen molar-refractivity contribution in [1.82, 2.24) is 14.5 Å². The van der Waals surface area contributed by atoms with Crippen LogP contribution in [0.1, 0.15) is 40.5 Å². The zero-order chi connectivity index (χ0) is 25.6. The molecule has 1 spiro atoms. The number of anilines is 1. The number of rotatable bonds is 5. The second kappa shape index (κ2) is 9.02. The Balaban J connectivity index is 1.23. The van der Waals surface area contributed by atoms with Gasteiger partial charge in [-0.1, -0.05) is 30.8 Å². The minimum Gasteiger partial charge on any atom is -0.339 e. The maximum absolute atomic E-state index is 13.3. The Morgan fingerprint density at radius 1 is 1.14 bits per heavy atom. The summed E-state index contributed by atoms with van der Waals surface area (Å²) in [5.41, 5.74) is 3.54. The van der Waals surface area contributed by atoms with Crippen LogP contribution in [-0.4, -0.2) is 39.4 Å². The van der Waals surface area contributed by atoms with Crippen LogP contribution in [0.5, 0.6) is 0 Å². The molecular formula is C29H25N5O2S. The number of fused-ring (bicyclic) bond motifs is 1. The molecule has 1 N–H and O–H groups in total. The number of carbonyl (C=O) groups excluding carboxylic acids is 2. The van der Waals surface area contributed by atoms with Crippen molar-refractivity contribution in [3.8, 4) is 16.5 Å². The molecule has 1 aliphatic heterocycles. The highest BCUT2D eigenvalue weighted by atomic mass is 32.1. The largest absolute Gasteiger partial charge is 0.339 e. The quantitative estimate of drug-likeness (QED) is 0.355. The minimum atomic E-state index is -0.195. The topological polar surface area (TPSA) is 91.0 Å². The highest BCUT2D eigenvalue weighted by Gasteiger charge is 2.50. The van der Waals surface area contributed by atoms with Gasteiger partial charge in [0.2, 0.25) is 11.9 Å². The van der Waals surface area contributed by atoms with Crippen LogP contribution in [0, 0.1) is 16.7 Å². The molecule has 0 radical (unpaired) electrons. The molecule has 1 aliphatic carbocycles. The third kappa shape index (κ3) is 4.11. The summed E-state index contributed by atoms with van der Waals surface area (Å²) in [6.45, 7) is 5.15. The second-order valence-corrected chi connectivity index (χ2v) is 11.0. The molecule has 1 saturated heterocycles. The summed E-state index contributed by atoms with van der Waals surface area (Å²) in [7, 11) is 0. The third-order valence-electron chi connectivity index (χ3n) is 7.58. The Bertz CT molecular complexity index is 1570. The lowest BCUT2D eigenvalue weighted by Crippen LogP contribution is -2.42. The van der Waals surface area contributed by atoms with Crippen molar-refractivity contribution in [3.05, 3.63) is 83.8 Å². The molecule has 4 aromatic rings. The number of hydrogen-bond donors (Lipinski definition) is 1. The first-order chi connectivity index (χ1) is 18.0. The average molecular weight is 508 g/mol. The number of benzene rings is 2. The van der Waals surface area contributed by atoms with Crippen LogP contribution in [0.25, 0.3) is 21.5 Å². The smallest absolute Gasteiger partial charge is 0.268 e. The summed E-state index contributed by atoms with van der Waals surface area (Å²) in [5.74, 6) is 0.355. The number of nitriles is 1. The van der Waals surface area contributed by atoms with Crippen molar-refractivity contribution in [2.24, 2.45) is 5.41 Å². The Morgan fingerprint density at radius 2 is 1.92 bits per heavy atom. The van der Waals surface area contributed by atoms with E-state index in [2.05, 4.69) is 22.5 Å². The summed E-state index contributed by atoms with van der Waals surface area (Å²) in [6, 6.07) is 21.4. The van der Waals surface area contributed by atoms with E-state index in [9.17, 15) is 9.59 Å². The van der Waals surface area contributed by atoms with Crippen molar-refractivity contribution in [3.63, 3.8) is 0 Å². The second-order valence-electron chi connectivity index (χ2n) is 9.88. The molecule has 184 valence electrons. The number of amides is 2. The van der Waals surface area contributed by atoms with Gasteiger partial charge >= 0.3 is 0 Å². The van der Waals surface area contributed by atoms with E-state index in [0.29, 0.717) is 16.4 Å². The summed E-state index contributed by atoms with van der Waals surface area (Å²) in [5, 5.41) is 12.1. The molecule has 2 aromatic carbocycles. The average Bonchev–Trinajstić information content (AvgIpc) is 3.64. The Labute approximate surface area is 218 Å². The van der Waals surface area contributed by atoms with Crippen LogP contribution in [0.2, 0.25) is 0 Å². The van der Waals surface area contributed by atoms with E-state index >= 15 is 0 Å². The van der Waals surface area contributed by atoms with Crippen LogP contribution < -0.4 is 5.32 Å². The van der Waals surface area contributed by atoms with Gasteiger partial charge in [-0.05, 0) is 72.7 Å². The van der Waals surface area contributed by atoms with Crippen molar-refractivity contribution in [2.45, 2.75) is 25.3 Å². The van der Waals surface area contributed by atoms with Crippen LogP contribution in [0.4, 0.5) is 5.95 Å². The third-order valence-corrected chi connectivity index (χ3v) is 8.71. The molecule has 1 saturated carbocycles. The summed E-state index contributed by atoms with van der Waals surface area (Å²) in [6.07, 6.45) is 4.27. The number of hydrogen-bond acceptors (Lipinski definition) is 5. The number of para-hydroxylation sites is 2. The molecule has 2 aliphatic rings. The molecule has 37 heavy (non-hydrogen) atoms. The zero-order valence-corrected chi connectivity index (χ0v) is 21.0. The fourth-order valence-corrected chi connectivity index (χ4v) is 6.60. The summed E-state index contributed by atoms with van der Waals surface area (Å²) < 4.78 is 2.16. The molecule has 0 bridgehead atoms. The van der Waals surface area contributed by atoms with Gasteiger partial charge in [0.1, 0.15) is 0 Å². The molecule has 2 aromatic heterocycles. The molecule has 3 heterocycles. The van der Waals surface area contributed by atoms with Gasteiger partial charge in [-0.15, -0.1) is 11.3 Å². The number of nitrogens with zero attached hydrogens (tertiary/aromatic N) is 4. The Hall–Kier alpha value is -4.22. The van der Waals surface area contributed by atoms with E-state index in [0.717, 1.165) is 53.8 Å². The molecule has 8 heteroatoms. The Kier molecular flexibility index (Phi) is 5.65. The van der Waals surface area contributed by atoms with Crippen LogP contribution in [0.15, 0.2) is 73.3 Å². The number of thiophene rings is 1. The Morgan fingerprint density at radius 3 is 2.68 bits per heavy atom. The van der Waals surface area contributed by atoms with Crippen LogP contribution in [0.3, 0.4) is 0 Å². The predicted octanol–water partition coefficient (Wildman–Crippen LogP) is 5.63. The van der Waals surface area contributed by atoms with Crippen molar-refractivity contribution in [2.75, 3.05) is 18.4 Å². The van der Waals surface area contributed by atoms with E-state index in [1.54, 1.807) is 12.1 Å². The van der Waals surface area contributed by atoms with Gasteiger partial charge in [0.15, 0.2) is 0 Å². The van der Waals surface area contributed by atoms with Gasteiger partial charge in [0, 0.05) is 24.0 Å². The van der Waals surface area contributed by atoms with E-state index in [1.807, 2.05) is 53.4 Å².